The molecule has 2 atom stereocenters. The van der Waals surface area contributed by atoms with Crippen LogP contribution < -0.4 is 4.72 Å². The van der Waals surface area contributed by atoms with Gasteiger partial charge in [0.1, 0.15) is 11.0 Å². The number of nitrogens with one attached hydrogen (secondary N) is 1. The van der Waals surface area contributed by atoms with Gasteiger partial charge in [-0.05, 0) is 54.0 Å². The Hall–Kier alpha value is -1.05. The van der Waals surface area contributed by atoms with E-state index in [1.807, 2.05) is 51.1 Å². The Morgan fingerprint density at radius 3 is 2.08 bits per heavy atom. The Balaban J connectivity index is 3.14. The average molecular weight is 387 g/mol. The van der Waals surface area contributed by atoms with Gasteiger partial charge in [0.05, 0.1) is 15.5 Å². The summed E-state index contributed by atoms with van der Waals surface area (Å²) in [7, 11) is -4.90. The molecular formula is C18H30N2O3S2. The first-order valence-corrected chi connectivity index (χ1v) is 10.9. The topological polar surface area (TPSA) is 75.6 Å². The highest BCUT2D eigenvalue weighted by atomic mass is 32.2. The van der Waals surface area contributed by atoms with Crippen molar-refractivity contribution in [1.82, 2.24) is 4.72 Å². The quantitative estimate of drug-likeness (QED) is 0.756. The fourth-order valence-corrected chi connectivity index (χ4v) is 3.47. The maximum absolute atomic E-state index is 12.6. The molecule has 1 N–H and O–H groups in total. The van der Waals surface area contributed by atoms with Crippen LogP contribution in [0.1, 0.15) is 66.5 Å². The number of hydrogen-bond donors (Lipinski definition) is 1. The molecule has 0 radical (unpaired) electrons. The van der Waals surface area contributed by atoms with Gasteiger partial charge in [-0.2, -0.15) is 4.40 Å². The summed E-state index contributed by atoms with van der Waals surface area (Å²) in [6.07, 6.45) is 0.362. The molecule has 142 valence electrons. The van der Waals surface area contributed by atoms with E-state index >= 15 is 0 Å². The number of sulfonamides is 1. The maximum atomic E-state index is 12.6. The first kappa shape index (κ1) is 22.0. The van der Waals surface area contributed by atoms with Crippen LogP contribution in [0, 0.1) is 0 Å². The lowest BCUT2D eigenvalue weighted by molar-refractivity contribution is 0.527. The van der Waals surface area contributed by atoms with Crippen LogP contribution in [0.15, 0.2) is 34.7 Å². The molecule has 0 bridgehead atoms. The Labute approximate surface area is 155 Å². The van der Waals surface area contributed by atoms with E-state index in [0.717, 1.165) is 5.56 Å². The van der Waals surface area contributed by atoms with E-state index < -0.39 is 36.5 Å². The third-order valence-electron chi connectivity index (χ3n) is 3.57. The van der Waals surface area contributed by atoms with Crippen LogP contribution in [0.25, 0.3) is 0 Å². The van der Waals surface area contributed by atoms with Crippen LogP contribution in [-0.2, 0) is 21.0 Å². The molecule has 0 aromatic heterocycles. The first-order valence-electron chi connectivity index (χ1n) is 8.27. The minimum Gasteiger partial charge on any atom is -0.234 e. The minimum atomic E-state index is -3.53. The molecule has 0 fully saturated rings. The standard InChI is InChI=1S/C18H30N2O3S2/c1-14(19-24(21)17(2,3)4)13-16(15-11-9-8-10-12-15)20-25(22,23)18(5,6)7/h8-12,16,20H,13H2,1-7H3/b19-14+/t16-,24?/m0/s1. The molecule has 25 heavy (non-hydrogen) atoms. The van der Waals surface area contributed by atoms with Crippen molar-refractivity contribution in [3.8, 4) is 0 Å². The van der Waals surface area contributed by atoms with E-state index in [-0.39, 0.29) is 0 Å². The van der Waals surface area contributed by atoms with Gasteiger partial charge in [-0.25, -0.2) is 17.3 Å². The molecule has 0 spiro atoms. The SMILES string of the molecule is C/C(C[C@H](NS(=O)(=O)C(C)(C)C)c1ccccc1)=N\S(=O)C(C)(C)C. The van der Waals surface area contributed by atoms with Gasteiger partial charge < -0.3 is 0 Å². The van der Waals surface area contributed by atoms with Crippen LogP contribution in [0.5, 0.6) is 0 Å². The molecule has 5 nitrogen and oxygen atoms in total. The third kappa shape index (κ3) is 6.64. The highest BCUT2D eigenvalue weighted by Gasteiger charge is 2.32. The Morgan fingerprint density at radius 2 is 1.64 bits per heavy atom. The molecule has 7 heteroatoms. The Kier molecular flexibility index (Phi) is 7.12. The summed E-state index contributed by atoms with van der Waals surface area (Å²) in [4.78, 5) is 0. The first-order chi connectivity index (χ1) is 11.2. The second-order valence-corrected chi connectivity index (χ2v) is 12.5. The molecular weight excluding hydrogens is 356 g/mol. The van der Waals surface area contributed by atoms with Crippen LogP contribution in [0.2, 0.25) is 0 Å². The zero-order chi connectivity index (χ0) is 19.5. The second kappa shape index (κ2) is 8.10. The van der Waals surface area contributed by atoms with Gasteiger partial charge in [-0.3, -0.25) is 0 Å². The van der Waals surface area contributed by atoms with Crippen LogP contribution >= 0.6 is 0 Å². The lowest BCUT2D eigenvalue weighted by Crippen LogP contribution is -2.41. The van der Waals surface area contributed by atoms with Crippen molar-refractivity contribution in [3.63, 3.8) is 0 Å². The van der Waals surface area contributed by atoms with E-state index in [2.05, 4.69) is 9.12 Å². The molecule has 1 rings (SSSR count). The summed E-state index contributed by atoms with van der Waals surface area (Å²) >= 11 is 0. The predicted octanol–water partition coefficient (Wildman–Crippen LogP) is 3.76. The van der Waals surface area contributed by atoms with Gasteiger partial charge in [0.2, 0.25) is 10.0 Å². The van der Waals surface area contributed by atoms with Crippen molar-refractivity contribution < 1.29 is 12.6 Å². The molecule has 0 saturated carbocycles. The highest BCUT2D eigenvalue weighted by Crippen LogP contribution is 2.23. The predicted molar refractivity (Wildman–Crippen MR) is 107 cm³/mol. The van der Waals surface area contributed by atoms with E-state index in [4.69, 9.17) is 0 Å². The van der Waals surface area contributed by atoms with E-state index in [1.54, 1.807) is 27.7 Å². The summed E-state index contributed by atoms with van der Waals surface area (Å²) in [5.41, 5.74) is 1.50. The van der Waals surface area contributed by atoms with E-state index in [1.165, 1.54) is 0 Å². The number of hydrogen-bond acceptors (Lipinski definition) is 3. The number of nitrogens with zero attached hydrogens (tertiary/aromatic N) is 1. The number of benzene rings is 1. The van der Waals surface area contributed by atoms with E-state index in [9.17, 15) is 12.6 Å². The Morgan fingerprint density at radius 1 is 1.12 bits per heavy atom. The average Bonchev–Trinajstić information content (AvgIpc) is 2.45. The zero-order valence-corrected chi connectivity index (χ0v) is 17.8. The third-order valence-corrected chi connectivity index (χ3v) is 7.30. The van der Waals surface area contributed by atoms with Crippen LogP contribution in [-0.4, -0.2) is 27.8 Å². The monoisotopic (exact) mass is 386 g/mol. The van der Waals surface area contributed by atoms with Crippen molar-refractivity contribution in [2.24, 2.45) is 4.40 Å². The smallest absolute Gasteiger partial charge is 0.217 e. The second-order valence-electron chi connectivity index (χ2n) is 8.09. The summed E-state index contributed by atoms with van der Waals surface area (Å²) in [6, 6.07) is 8.93. The van der Waals surface area contributed by atoms with Crippen molar-refractivity contribution in [2.75, 3.05) is 0 Å². The van der Waals surface area contributed by atoms with Crippen molar-refractivity contribution in [3.05, 3.63) is 35.9 Å². The molecule has 1 unspecified atom stereocenters. The molecule has 0 saturated heterocycles. The van der Waals surface area contributed by atoms with Gasteiger partial charge in [0.25, 0.3) is 0 Å². The largest absolute Gasteiger partial charge is 0.234 e. The van der Waals surface area contributed by atoms with Gasteiger partial charge in [0, 0.05) is 12.1 Å². The fraction of sp³-hybridized carbons (Fsp3) is 0.611. The highest BCUT2D eigenvalue weighted by molar-refractivity contribution is 7.90. The van der Waals surface area contributed by atoms with Crippen molar-refractivity contribution in [2.45, 2.75) is 70.4 Å². The molecule has 1 aromatic rings. The summed E-state index contributed by atoms with van der Waals surface area (Å²) in [5, 5.41) is 0. The normalized spacial score (nSPS) is 16.5. The van der Waals surface area contributed by atoms with Gasteiger partial charge in [-0.1, -0.05) is 30.3 Å². The molecule has 0 amide bonds. The van der Waals surface area contributed by atoms with Crippen molar-refractivity contribution in [1.29, 1.82) is 0 Å². The number of rotatable bonds is 6. The van der Waals surface area contributed by atoms with Crippen LogP contribution in [0.4, 0.5) is 0 Å². The minimum absolute atomic E-state index is 0.362. The molecule has 0 heterocycles. The summed E-state index contributed by atoms with van der Waals surface area (Å²) in [5.74, 6) is 0. The lowest BCUT2D eigenvalue weighted by Gasteiger charge is -2.26. The van der Waals surface area contributed by atoms with Crippen molar-refractivity contribution >= 4 is 26.7 Å². The molecule has 0 aliphatic rings. The van der Waals surface area contributed by atoms with E-state index in [0.29, 0.717) is 12.1 Å². The van der Waals surface area contributed by atoms with Gasteiger partial charge in [0.15, 0.2) is 0 Å². The molecule has 1 aromatic carbocycles. The zero-order valence-electron chi connectivity index (χ0n) is 16.2. The fourth-order valence-electron chi connectivity index (χ4n) is 1.89. The van der Waals surface area contributed by atoms with Gasteiger partial charge in [-0.15, -0.1) is 0 Å². The Bertz CT molecular complexity index is 728. The summed E-state index contributed by atoms with van der Waals surface area (Å²) in [6.45, 7) is 12.3. The molecule has 0 aliphatic heterocycles. The van der Waals surface area contributed by atoms with Crippen LogP contribution in [0.3, 0.4) is 0 Å². The van der Waals surface area contributed by atoms with Gasteiger partial charge >= 0.3 is 0 Å². The lowest BCUT2D eigenvalue weighted by atomic mass is 10.0. The maximum Gasteiger partial charge on any atom is 0.217 e. The molecule has 0 aliphatic carbocycles. The summed E-state index contributed by atoms with van der Waals surface area (Å²) < 4.78 is 43.1.